The summed E-state index contributed by atoms with van der Waals surface area (Å²) >= 11 is 0. The summed E-state index contributed by atoms with van der Waals surface area (Å²) in [7, 11) is -3.76. The molecule has 4 nitrogen and oxygen atoms in total. The third kappa shape index (κ3) is 18.7. The average Bonchev–Trinajstić information content (AvgIpc) is 2.93. The normalized spacial score (nSPS) is 12.7. The molecule has 0 saturated heterocycles. The van der Waals surface area contributed by atoms with Gasteiger partial charge in [-0.1, -0.05) is 183 Å². The number of unbranched alkanes of at least 4 members (excludes halogenated alkanes) is 18. The van der Waals surface area contributed by atoms with Crippen LogP contribution >= 0.6 is 7.82 Å². The first-order valence-corrected chi connectivity index (χ1v) is 19.6. The molecule has 0 spiro atoms. The van der Waals surface area contributed by atoms with E-state index in [1.807, 2.05) is 12.1 Å². The predicted octanol–water partition coefficient (Wildman–Crippen LogP) is 13.6. The number of phosphoric acid groups is 1. The SMILES string of the molecule is CCCCCCCCCCCCOP(=O)(OCCCCCCCCCCCC)Oc1cccc(C(C)(C)C)c1C(C)(C)C. The largest absolute Gasteiger partial charge is 0.530 e. The number of benzene rings is 1. The van der Waals surface area contributed by atoms with Crippen molar-refractivity contribution in [1.82, 2.24) is 0 Å². The first kappa shape index (κ1) is 40.2. The van der Waals surface area contributed by atoms with Crippen molar-refractivity contribution in [3.63, 3.8) is 0 Å². The fourth-order valence-corrected chi connectivity index (χ4v) is 7.03. The molecule has 0 saturated carbocycles. The summed E-state index contributed by atoms with van der Waals surface area (Å²) in [5.74, 6) is 0.620. The van der Waals surface area contributed by atoms with Gasteiger partial charge in [-0.05, 0) is 35.3 Å². The van der Waals surface area contributed by atoms with Crippen LogP contribution in [0.2, 0.25) is 0 Å². The van der Waals surface area contributed by atoms with Crippen molar-refractivity contribution >= 4 is 7.82 Å². The molecule has 43 heavy (non-hydrogen) atoms. The second kappa shape index (κ2) is 22.6. The molecule has 0 amide bonds. The minimum atomic E-state index is -3.76. The van der Waals surface area contributed by atoms with E-state index in [9.17, 15) is 4.57 Å². The first-order chi connectivity index (χ1) is 20.4. The summed E-state index contributed by atoms with van der Waals surface area (Å²) in [6, 6.07) is 6.09. The average molecular weight is 623 g/mol. The fraction of sp³-hybridized carbons (Fsp3) is 0.842. The summed E-state index contributed by atoms with van der Waals surface area (Å²) in [4.78, 5) is 0. The minimum Gasteiger partial charge on any atom is -0.404 e. The van der Waals surface area contributed by atoms with Crippen LogP contribution in [0.4, 0.5) is 0 Å². The Bertz CT molecular complexity index is 838. The molecule has 1 rings (SSSR count). The lowest BCUT2D eigenvalue weighted by atomic mass is 9.75. The highest BCUT2D eigenvalue weighted by atomic mass is 31.2. The van der Waals surface area contributed by atoms with Crippen LogP contribution in [0.15, 0.2) is 18.2 Å². The van der Waals surface area contributed by atoms with Crippen LogP contribution in [-0.2, 0) is 24.4 Å². The summed E-state index contributed by atoms with van der Waals surface area (Å²) < 4.78 is 32.4. The van der Waals surface area contributed by atoms with Crippen molar-refractivity contribution in [2.75, 3.05) is 13.2 Å². The highest BCUT2D eigenvalue weighted by Gasteiger charge is 2.34. The highest BCUT2D eigenvalue weighted by Crippen LogP contribution is 2.53. The zero-order valence-corrected chi connectivity index (χ0v) is 30.8. The van der Waals surface area contributed by atoms with Gasteiger partial charge >= 0.3 is 7.82 Å². The van der Waals surface area contributed by atoms with E-state index >= 15 is 0 Å². The van der Waals surface area contributed by atoms with Crippen molar-refractivity contribution in [1.29, 1.82) is 0 Å². The number of phosphoric ester groups is 1. The molecule has 0 aromatic heterocycles. The Morgan fingerprint density at radius 3 is 1.26 bits per heavy atom. The van der Waals surface area contributed by atoms with Crippen LogP contribution in [0.3, 0.4) is 0 Å². The van der Waals surface area contributed by atoms with Gasteiger partial charge < -0.3 is 4.52 Å². The van der Waals surface area contributed by atoms with Gasteiger partial charge in [0.05, 0.1) is 13.2 Å². The van der Waals surface area contributed by atoms with Crippen molar-refractivity contribution in [3.05, 3.63) is 29.3 Å². The molecular weight excluding hydrogens is 551 g/mol. The summed E-state index contributed by atoms with van der Waals surface area (Å²) in [6.45, 7) is 18.5. The maximum atomic E-state index is 14.1. The molecule has 0 atom stereocenters. The second-order valence-electron chi connectivity index (χ2n) is 14.7. The van der Waals surface area contributed by atoms with Gasteiger partial charge in [-0.15, -0.1) is 0 Å². The number of hydrogen-bond acceptors (Lipinski definition) is 4. The van der Waals surface area contributed by atoms with E-state index in [0.717, 1.165) is 31.2 Å². The summed E-state index contributed by atoms with van der Waals surface area (Å²) in [5, 5.41) is 0. The zero-order chi connectivity index (χ0) is 32.0. The summed E-state index contributed by atoms with van der Waals surface area (Å²) in [6.07, 6.45) is 24.9. The van der Waals surface area contributed by atoms with Gasteiger partial charge in [-0.25, -0.2) is 4.57 Å². The molecule has 1 aromatic rings. The van der Waals surface area contributed by atoms with Gasteiger partial charge in [0.2, 0.25) is 0 Å². The Morgan fingerprint density at radius 2 is 0.907 bits per heavy atom. The molecule has 0 radical (unpaired) electrons. The molecule has 0 fully saturated rings. The smallest absolute Gasteiger partial charge is 0.404 e. The van der Waals surface area contributed by atoms with Gasteiger partial charge in [0, 0.05) is 5.56 Å². The first-order valence-electron chi connectivity index (χ1n) is 18.2. The van der Waals surface area contributed by atoms with E-state index < -0.39 is 7.82 Å². The Balaban J connectivity index is 2.71. The minimum absolute atomic E-state index is 0.0698. The van der Waals surface area contributed by atoms with E-state index in [2.05, 4.69) is 61.5 Å². The number of rotatable bonds is 26. The highest BCUT2D eigenvalue weighted by molar-refractivity contribution is 7.48. The van der Waals surface area contributed by atoms with Crippen LogP contribution in [0.5, 0.6) is 5.75 Å². The van der Waals surface area contributed by atoms with Gasteiger partial charge in [0.15, 0.2) is 0 Å². The Morgan fingerprint density at radius 1 is 0.535 bits per heavy atom. The van der Waals surface area contributed by atoms with Crippen LogP contribution < -0.4 is 4.52 Å². The molecule has 0 aliphatic heterocycles. The summed E-state index contributed by atoms with van der Waals surface area (Å²) in [5.41, 5.74) is 2.03. The van der Waals surface area contributed by atoms with Crippen molar-refractivity contribution < 1.29 is 18.1 Å². The molecular formula is C38H71O4P. The quantitative estimate of drug-likeness (QED) is 0.0761. The molecule has 0 N–H and O–H groups in total. The third-order valence-electron chi connectivity index (χ3n) is 8.29. The van der Waals surface area contributed by atoms with E-state index in [0.29, 0.717) is 19.0 Å². The van der Waals surface area contributed by atoms with Gasteiger partial charge in [-0.2, -0.15) is 0 Å². The number of hydrogen-bond donors (Lipinski definition) is 0. The lowest BCUT2D eigenvalue weighted by molar-refractivity contribution is 0.150. The lowest BCUT2D eigenvalue weighted by Gasteiger charge is -2.32. The molecule has 0 aliphatic rings. The van der Waals surface area contributed by atoms with E-state index in [1.54, 1.807) is 0 Å². The third-order valence-corrected chi connectivity index (χ3v) is 9.71. The van der Waals surface area contributed by atoms with Gasteiger partial charge in [0.25, 0.3) is 0 Å². The van der Waals surface area contributed by atoms with E-state index in [1.165, 1.54) is 108 Å². The van der Waals surface area contributed by atoms with Crippen LogP contribution in [-0.4, -0.2) is 13.2 Å². The molecule has 0 unspecified atom stereocenters. The molecule has 252 valence electrons. The Labute approximate surface area is 268 Å². The van der Waals surface area contributed by atoms with Crippen LogP contribution in [0.1, 0.15) is 195 Å². The Hall–Kier alpha value is -0.830. The lowest BCUT2D eigenvalue weighted by Crippen LogP contribution is -2.23. The van der Waals surface area contributed by atoms with Crippen LogP contribution in [0, 0.1) is 0 Å². The second-order valence-corrected chi connectivity index (χ2v) is 16.3. The Kier molecular flexibility index (Phi) is 21.2. The van der Waals surface area contributed by atoms with Gasteiger partial charge in [-0.3, -0.25) is 9.05 Å². The zero-order valence-electron chi connectivity index (χ0n) is 29.9. The van der Waals surface area contributed by atoms with E-state index in [-0.39, 0.29) is 10.8 Å². The maximum Gasteiger partial charge on any atom is 0.530 e. The molecule has 0 bridgehead atoms. The predicted molar refractivity (Wildman–Crippen MR) is 188 cm³/mol. The van der Waals surface area contributed by atoms with E-state index in [4.69, 9.17) is 13.6 Å². The fourth-order valence-electron chi connectivity index (χ4n) is 5.75. The monoisotopic (exact) mass is 623 g/mol. The van der Waals surface area contributed by atoms with Crippen molar-refractivity contribution in [3.8, 4) is 5.75 Å². The molecule has 0 heterocycles. The van der Waals surface area contributed by atoms with Crippen LogP contribution in [0.25, 0.3) is 0 Å². The topological polar surface area (TPSA) is 44.8 Å². The molecule has 0 aliphatic carbocycles. The molecule has 1 aromatic carbocycles. The molecule has 5 heteroatoms. The standard InChI is InChI=1S/C38H71O4P/c1-9-11-13-15-17-19-21-23-25-27-32-40-43(39,41-33-28-26-24-22-20-18-16-14-12-10-2)42-35-31-29-30-34(37(3,4)5)36(35)38(6,7)8/h29-31H,9-28,32-33H2,1-8H3. The van der Waals surface area contributed by atoms with Crippen molar-refractivity contribution in [2.45, 2.75) is 195 Å². The maximum absolute atomic E-state index is 14.1. The van der Waals surface area contributed by atoms with Gasteiger partial charge in [0.1, 0.15) is 5.75 Å². The van der Waals surface area contributed by atoms with Crippen molar-refractivity contribution in [2.24, 2.45) is 0 Å².